The lowest BCUT2D eigenvalue weighted by Crippen LogP contribution is -2.62. The van der Waals surface area contributed by atoms with Crippen molar-refractivity contribution in [3.05, 3.63) is 12.2 Å². The molecule has 2 saturated heterocycles. The van der Waals surface area contributed by atoms with Gasteiger partial charge in [-0.25, -0.2) is 0 Å². The molecule has 6 atom stereocenters. The monoisotopic (exact) mass is 417 g/mol. The zero-order valence-electron chi connectivity index (χ0n) is 19.3. The van der Waals surface area contributed by atoms with Gasteiger partial charge in [0.1, 0.15) is 0 Å². The fourth-order valence-electron chi connectivity index (χ4n) is 8.15. The average molecular weight is 418 g/mol. The molecule has 2 heterocycles. The van der Waals surface area contributed by atoms with Gasteiger partial charge in [-0.1, -0.05) is 38.8 Å². The summed E-state index contributed by atoms with van der Waals surface area (Å²) in [4.78, 5) is 2.52. The van der Waals surface area contributed by atoms with Gasteiger partial charge in [0.2, 0.25) is 0 Å². The molecule has 0 spiro atoms. The van der Waals surface area contributed by atoms with Crippen LogP contribution in [0, 0.1) is 34.5 Å². The number of hydrogen-bond donors (Lipinski definition) is 1. The Bertz CT molecular complexity index is 640. The third kappa shape index (κ3) is 3.50. The molecule has 0 aromatic heterocycles. The Morgan fingerprint density at radius 3 is 2.60 bits per heavy atom. The maximum absolute atomic E-state index is 9.32. The van der Waals surface area contributed by atoms with Crippen LogP contribution in [0.1, 0.15) is 71.6 Å². The molecule has 5 aliphatic rings. The molecule has 0 amide bonds. The number of likely N-dealkylation sites (tertiary alicyclic amines) is 1. The van der Waals surface area contributed by atoms with Crippen molar-refractivity contribution in [2.75, 3.05) is 32.8 Å². The highest BCUT2D eigenvalue weighted by Crippen LogP contribution is 2.63. The van der Waals surface area contributed by atoms with Crippen LogP contribution in [0.4, 0.5) is 0 Å². The molecule has 5 rings (SSSR count). The summed E-state index contributed by atoms with van der Waals surface area (Å²) in [5.74, 6) is 2.39. The zero-order valence-corrected chi connectivity index (χ0v) is 19.3. The summed E-state index contributed by atoms with van der Waals surface area (Å²) in [5.41, 5.74) is 1.94. The minimum Gasteiger partial charge on any atom is -0.396 e. The van der Waals surface area contributed by atoms with E-state index in [1.807, 2.05) is 0 Å². The molecule has 2 aliphatic heterocycles. The van der Waals surface area contributed by atoms with Crippen molar-refractivity contribution in [3.63, 3.8) is 0 Å². The molecule has 0 aromatic carbocycles. The van der Waals surface area contributed by atoms with E-state index in [4.69, 9.17) is 9.47 Å². The minimum absolute atomic E-state index is 0.0511. The molecule has 3 saturated carbocycles. The summed E-state index contributed by atoms with van der Waals surface area (Å²) in [6.45, 7) is 14.1. The van der Waals surface area contributed by atoms with E-state index in [-0.39, 0.29) is 11.7 Å². The lowest BCUT2D eigenvalue weighted by Gasteiger charge is -2.63. The third-order valence-electron chi connectivity index (χ3n) is 9.98. The molecule has 5 fully saturated rings. The first-order valence-electron chi connectivity index (χ1n) is 12.7. The first-order chi connectivity index (χ1) is 14.4. The first-order valence-corrected chi connectivity index (χ1v) is 12.7. The highest BCUT2D eigenvalue weighted by Gasteiger charge is 2.60. The summed E-state index contributed by atoms with van der Waals surface area (Å²) in [6.07, 6.45) is 11.7. The molecule has 0 radical (unpaired) electrons. The van der Waals surface area contributed by atoms with Crippen LogP contribution in [0.3, 0.4) is 0 Å². The average Bonchev–Trinajstić information content (AvgIpc) is 3.22. The third-order valence-corrected chi connectivity index (χ3v) is 9.98. The van der Waals surface area contributed by atoms with Gasteiger partial charge in [-0.05, 0) is 68.7 Å². The van der Waals surface area contributed by atoms with Gasteiger partial charge in [-0.3, -0.25) is 0 Å². The van der Waals surface area contributed by atoms with Crippen molar-refractivity contribution < 1.29 is 14.6 Å². The van der Waals surface area contributed by atoms with Gasteiger partial charge in [-0.2, -0.15) is 0 Å². The summed E-state index contributed by atoms with van der Waals surface area (Å²) in [6, 6.07) is 0. The molecule has 3 aliphatic carbocycles. The number of aliphatic hydroxyl groups is 1. The van der Waals surface area contributed by atoms with Crippen LogP contribution in [0.15, 0.2) is 12.2 Å². The Morgan fingerprint density at radius 1 is 1.10 bits per heavy atom. The second kappa shape index (κ2) is 8.17. The van der Waals surface area contributed by atoms with Gasteiger partial charge in [0.15, 0.2) is 6.29 Å². The van der Waals surface area contributed by atoms with Crippen molar-refractivity contribution >= 4 is 0 Å². The lowest BCUT2D eigenvalue weighted by atomic mass is 9.46. The van der Waals surface area contributed by atoms with Gasteiger partial charge < -0.3 is 19.5 Å². The molecule has 1 N–H and O–H groups in total. The smallest absolute Gasteiger partial charge is 0.160 e. The first kappa shape index (κ1) is 21.4. The second-order valence-electron chi connectivity index (χ2n) is 11.8. The van der Waals surface area contributed by atoms with Crippen molar-refractivity contribution in [1.82, 2.24) is 4.90 Å². The quantitative estimate of drug-likeness (QED) is 0.663. The molecule has 0 aromatic rings. The molecule has 170 valence electrons. The summed E-state index contributed by atoms with van der Waals surface area (Å²) in [5, 5.41) is 9.32. The SMILES string of the molecule is C=C1CCC2[C@@](C)(CC[C@H]3O[C@H](C4CCCC4)OC[C@@]23C)C1CCN1CC(CO)C1. The Morgan fingerprint density at radius 2 is 1.87 bits per heavy atom. The Balaban J connectivity index is 1.28. The molecule has 2 unspecified atom stereocenters. The van der Waals surface area contributed by atoms with Crippen LogP contribution in [0.5, 0.6) is 0 Å². The number of rotatable bonds is 5. The van der Waals surface area contributed by atoms with Gasteiger partial charge in [0.05, 0.1) is 12.7 Å². The molecule has 30 heavy (non-hydrogen) atoms. The minimum atomic E-state index is 0.0511. The van der Waals surface area contributed by atoms with E-state index in [2.05, 4.69) is 25.3 Å². The number of hydrogen-bond acceptors (Lipinski definition) is 4. The predicted molar refractivity (Wildman–Crippen MR) is 119 cm³/mol. The number of fused-ring (bicyclic) bond motifs is 3. The fraction of sp³-hybridized carbons (Fsp3) is 0.923. The molecule has 4 nitrogen and oxygen atoms in total. The van der Waals surface area contributed by atoms with E-state index >= 15 is 0 Å². The van der Waals surface area contributed by atoms with E-state index in [1.165, 1.54) is 63.4 Å². The summed E-state index contributed by atoms with van der Waals surface area (Å²) >= 11 is 0. The number of ether oxygens (including phenoxy) is 2. The van der Waals surface area contributed by atoms with E-state index in [0.717, 1.165) is 26.2 Å². The van der Waals surface area contributed by atoms with Crippen molar-refractivity contribution in [2.24, 2.45) is 34.5 Å². The van der Waals surface area contributed by atoms with Gasteiger partial charge in [0, 0.05) is 36.9 Å². The van der Waals surface area contributed by atoms with E-state index in [1.54, 1.807) is 0 Å². The molecule has 0 bridgehead atoms. The molecular weight excluding hydrogens is 374 g/mol. The Kier molecular flexibility index (Phi) is 5.84. The van der Waals surface area contributed by atoms with Crippen LogP contribution in [-0.4, -0.2) is 55.2 Å². The van der Waals surface area contributed by atoms with Crippen LogP contribution in [0.2, 0.25) is 0 Å². The normalized spacial score (nSPS) is 45.8. The van der Waals surface area contributed by atoms with Crippen LogP contribution in [0.25, 0.3) is 0 Å². The Labute approximate surface area is 183 Å². The second-order valence-corrected chi connectivity index (χ2v) is 11.8. The van der Waals surface area contributed by atoms with E-state index in [9.17, 15) is 5.11 Å². The topological polar surface area (TPSA) is 41.9 Å². The highest BCUT2D eigenvalue weighted by molar-refractivity contribution is 5.18. The largest absolute Gasteiger partial charge is 0.396 e. The van der Waals surface area contributed by atoms with Gasteiger partial charge in [0.25, 0.3) is 0 Å². The molecular formula is C26H43NO3. The van der Waals surface area contributed by atoms with Crippen molar-refractivity contribution in [3.8, 4) is 0 Å². The standard InChI is InChI=1S/C26H43NO3/c1-18-8-9-22-25(2,21(18)11-13-27-14-19(15-27)16-28)12-10-23-26(22,3)17-29-24(30-23)20-6-4-5-7-20/h19-24,28H,1,4-17H2,2-3H3/t21?,22?,23-,24-,25+,26+/m1/s1. The molecule has 4 heteroatoms. The number of nitrogens with zero attached hydrogens (tertiary/aromatic N) is 1. The maximum Gasteiger partial charge on any atom is 0.160 e. The Hall–Kier alpha value is -0.420. The van der Waals surface area contributed by atoms with E-state index < -0.39 is 0 Å². The van der Waals surface area contributed by atoms with E-state index in [0.29, 0.717) is 41.8 Å². The van der Waals surface area contributed by atoms with Crippen LogP contribution < -0.4 is 0 Å². The number of aliphatic hydroxyl groups excluding tert-OH is 1. The highest BCUT2D eigenvalue weighted by atomic mass is 16.7. The van der Waals surface area contributed by atoms with Gasteiger partial charge in [-0.15, -0.1) is 0 Å². The fourth-order valence-corrected chi connectivity index (χ4v) is 8.15. The maximum atomic E-state index is 9.32. The van der Waals surface area contributed by atoms with Crippen molar-refractivity contribution in [2.45, 2.75) is 84.0 Å². The lowest BCUT2D eigenvalue weighted by molar-refractivity contribution is -0.316. The van der Waals surface area contributed by atoms with Gasteiger partial charge >= 0.3 is 0 Å². The van der Waals surface area contributed by atoms with Crippen molar-refractivity contribution in [1.29, 1.82) is 0 Å². The van der Waals surface area contributed by atoms with Crippen LogP contribution >= 0.6 is 0 Å². The van der Waals surface area contributed by atoms with Crippen LogP contribution in [-0.2, 0) is 9.47 Å². The number of allylic oxidation sites excluding steroid dienone is 1. The summed E-state index contributed by atoms with van der Waals surface area (Å²) in [7, 11) is 0. The predicted octanol–water partition coefficient (Wildman–Crippen LogP) is 4.62. The zero-order chi connectivity index (χ0) is 20.9. The summed E-state index contributed by atoms with van der Waals surface area (Å²) < 4.78 is 13.2.